The minimum absolute atomic E-state index is 0. The number of aliphatic hydroxyl groups excluding tert-OH is 1. The highest BCUT2D eigenvalue weighted by Crippen LogP contribution is 2.18. The summed E-state index contributed by atoms with van der Waals surface area (Å²) in [5.41, 5.74) is 8.05. The van der Waals surface area contributed by atoms with E-state index in [0.717, 1.165) is 12.1 Å². The molecule has 2 rings (SSSR count). The SMILES string of the molecule is Cc1ccc(N)cc1C(=O)N1CCN(CC(C)O)C(C)C1.Cl.Cl. The number of hydrogen-bond acceptors (Lipinski definition) is 4. The molecule has 1 aromatic rings. The smallest absolute Gasteiger partial charge is 0.254 e. The molecule has 1 heterocycles. The Morgan fingerprint density at radius 2 is 2.04 bits per heavy atom. The van der Waals surface area contributed by atoms with Crippen molar-refractivity contribution in [1.29, 1.82) is 0 Å². The number of nitrogen functional groups attached to an aromatic ring is 1. The Labute approximate surface area is 150 Å². The number of aryl methyl sites for hydroxylation is 1. The fourth-order valence-corrected chi connectivity index (χ4v) is 2.83. The van der Waals surface area contributed by atoms with Crippen LogP contribution in [0.5, 0.6) is 0 Å². The van der Waals surface area contributed by atoms with E-state index >= 15 is 0 Å². The molecule has 1 aromatic carbocycles. The van der Waals surface area contributed by atoms with Crippen LogP contribution < -0.4 is 5.73 Å². The number of hydrogen-bond donors (Lipinski definition) is 2. The number of piperazine rings is 1. The Balaban J connectivity index is 0.00000242. The first-order valence-electron chi connectivity index (χ1n) is 7.46. The van der Waals surface area contributed by atoms with Crippen molar-refractivity contribution in [1.82, 2.24) is 9.80 Å². The molecule has 132 valence electrons. The van der Waals surface area contributed by atoms with Crippen molar-refractivity contribution in [3.8, 4) is 0 Å². The zero-order valence-corrected chi connectivity index (χ0v) is 15.5. The zero-order chi connectivity index (χ0) is 15.6. The number of rotatable bonds is 3. The molecule has 5 nitrogen and oxygen atoms in total. The van der Waals surface area contributed by atoms with E-state index in [-0.39, 0.29) is 42.9 Å². The van der Waals surface area contributed by atoms with Crippen molar-refractivity contribution in [2.45, 2.75) is 32.9 Å². The number of nitrogens with zero attached hydrogens (tertiary/aromatic N) is 2. The molecule has 0 aliphatic carbocycles. The van der Waals surface area contributed by atoms with Crippen LogP contribution >= 0.6 is 24.8 Å². The average Bonchev–Trinajstić information content (AvgIpc) is 2.42. The van der Waals surface area contributed by atoms with Crippen LogP contribution in [0.3, 0.4) is 0 Å². The van der Waals surface area contributed by atoms with Crippen molar-refractivity contribution < 1.29 is 9.90 Å². The highest BCUT2D eigenvalue weighted by molar-refractivity contribution is 5.96. The average molecular weight is 364 g/mol. The summed E-state index contributed by atoms with van der Waals surface area (Å²) < 4.78 is 0. The summed E-state index contributed by atoms with van der Waals surface area (Å²) >= 11 is 0. The van der Waals surface area contributed by atoms with E-state index in [9.17, 15) is 9.90 Å². The molecule has 0 spiro atoms. The minimum Gasteiger partial charge on any atom is -0.399 e. The molecule has 1 amide bonds. The molecule has 7 heteroatoms. The second-order valence-corrected chi connectivity index (χ2v) is 6.02. The van der Waals surface area contributed by atoms with Crippen LogP contribution in [0.15, 0.2) is 18.2 Å². The largest absolute Gasteiger partial charge is 0.399 e. The summed E-state index contributed by atoms with van der Waals surface area (Å²) in [7, 11) is 0. The Bertz CT molecular complexity index is 526. The molecule has 2 atom stereocenters. The van der Waals surface area contributed by atoms with E-state index in [1.54, 1.807) is 13.0 Å². The summed E-state index contributed by atoms with van der Waals surface area (Å²) in [6, 6.07) is 5.70. The molecule has 1 aliphatic heterocycles. The van der Waals surface area contributed by atoms with Gasteiger partial charge >= 0.3 is 0 Å². The van der Waals surface area contributed by atoms with E-state index in [2.05, 4.69) is 11.8 Å². The maximum atomic E-state index is 12.6. The molecule has 23 heavy (non-hydrogen) atoms. The third kappa shape index (κ3) is 5.53. The molecule has 1 fully saturated rings. The molecule has 2 unspecified atom stereocenters. The van der Waals surface area contributed by atoms with Gasteiger partial charge in [-0.3, -0.25) is 9.69 Å². The van der Waals surface area contributed by atoms with Gasteiger partial charge in [-0.25, -0.2) is 0 Å². The van der Waals surface area contributed by atoms with Gasteiger partial charge in [-0.2, -0.15) is 0 Å². The fourth-order valence-electron chi connectivity index (χ4n) is 2.83. The molecular formula is C16H27Cl2N3O2. The fraction of sp³-hybridized carbons (Fsp3) is 0.562. The topological polar surface area (TPSA) is 69.8 Å². The molecule has 0 radical (unpaired) electrons. The number of halogens is 2. The number of carbonyl (C=O) groups is 1. The second-order valence-electron chi connectivity index (χ2n) is 6.02. The predicted molar refractivity (Wildman–Crippen MR) is 98.7 cm³/mol. The Kier molecular flexibility index (Phi) is 8.92. The van der Waals surface area contributed by atoms with Crippen molar-refractivity contribution in [2.75, 3.05) is 31.9 Å². The number of anilines is 1. The maximum Gasteiger partial charge on any atom is 0.254 e. The lowest BCUT2D eigenvalue weighted by atomic mass is 10.1. The van der Waals surface area contributed by atoms with Crippen molar-refractivity contribution in [3.63, 3.8) is 0 Å². The molecule has 1 saturated heterocycles. The molecule has 0 saturated carbocycles. The van der Waals surface area contributed by atoms with Crippen LogP contribution in [0.4, 0.5) is 5.69 Å². The number of nitrogens with two attached hydrogens (primary N) is 1. The molecule has 0 aromatic heterocycles. The van der Waals surface area contributed by atoms with E-state index in [1.165, 1.54) is 0 Å². The predicted octanol–water partition coefficient (Wildman–Crippen LogP) is 1.95. The Morgan fingerprint density at radius 3 is 2.61 bits per heavy atom. The third-order valence-electron chi connectivity index (χ3n) is 4.04. The van der Waals surface area contributed by atoms with Gasteiger partial charge in [0.2, 0.25) is 0 Å². The van der Waals surface area contributed by atoms with Crippen LogP contribution in [-0.2, 0) is 0 Å². The van der Waals surface area contributed by atoms with Crippen LogP contribution in [0.1, 0.15) is 29.8 Å². The lowest BCUT2D eigenvalue weighted by molar-refractivity contribution is 0.0364. The van der Waals surface area contributed by atoms with E-state index < -0.39 is 0 Å². The van der Waals surface area contributed by atoms with Crippen LogP contribution in [0, 0.1) is 6.92 Å². The highest BCUT2D eigenvalue weighted by atomic mass is 35.5. The van der Waals surface area contributed by atoms with Crippen molar-refractivity contribution >= 4 is 36.4 Å². The first-order chi connectivity index (χ1) is 9.88. The summed E-state index contributed by atoms with van der Waals surface area (Å²) in [6.07, 6.45) is -0.342. The van der Waals surface area contributed by atoms with Gasteiger partial charge in [-0.05, 0) is 38.5 Å². The van der Waals surface area contributed by atoms with Gasteiger partial charge in [0.05, 0.1) is 6.10 Å². The van der Waals surface area contributed by atoms with Gasteiger partial charge in [0.15, 0.2) is 0 Å². The minimum atomic E-state index is -0.342. The lowest BCUT2D eigenvalue weighted by Gasteiger charge is -2.40. The molecular weight excluding hydrogens is 337 g/mol. The van der Waals surface area contributed by atoms with Crippen LogP contribution in [0.25, 0.3) is 0 Å². The maximum absolute atomic E-state index is 12.6. The van der Waals surface area contributed by atoms with Gasteiger partial charge in [-0.15, -0.1) is 24.8 Å². The van der Waals surface area contributed by atoms with Crippen LogP contribution in [-0.4, -0.2) is 59.1 Å². The molecule has 1 aliphatic rings. The summed E-state index contributed by atoms with van der Waals surface area (Å²) in [6.45, 7) is 8.62. The first-order valence-corrected chi connectivity index (χ1v) is 7.46. The molecule has 3 N–H and O–H groups in total. The highest BCUT2D eigenvalue weighted by Gasteiger charge is 2.28. The number of amides is 1. The monoisotopic (exact) mass is 363 g/mol. The Morgan fingerprint density at radius 1 is 1.39 bits per heavy atom. The molecule has 0 bridgehead atoms. The van der Waals surface area contributed by atoms with Gasteiger partial charge in [0.1, 0.15) is 0 Å². The number of carbonyl (C=O) groups excluding carboxylic acids is 1. The first kappa shape index (κ1) is 22.0. The van der Waals surface area contributed by atoms with Gasteiger partial charge in [-0.1, -0.05) is 6.07 Å². The Hall–Kier alpha value is -1.01. The van der Waals surface area contributed by atoms with Crippen LogP contribution in [0.2, 0.25) is 0 Å². The van der Waals surface area contributed by atoms with Crippen molar-refractivity contribution in [3.05, 3.63) is 29.3 Å². The quantitative estimate of drug-likeness (QED) is 0.805. The standard InChI is InChI=1S/C16H25N3O2.2ClH/c1-11-4-5-14(17)8-15(11)16(21)19-7-6-18(10-13(3)20)12(2)9-19;;/h4-5,8,12-13,20H,6-7,9-10,17H2,1-3H3;2*1H. The van der Waals surface area contributed by atoms with Gasteiger partial charge in [0.25, 0.3) is 5.91 Å². The lowest BCUT2D eigenvalue weighted by Crippen LogP contribution is -2.55. The van der Waals surface area contributed by atoms with E-state index in [1.807, 2.05) is 24.0 Å². The normalized spacial score (nSPS) is 19.5. The van der Waals surface area contributed by atoms with E-state index in [0.29, 0.717) is 30.9 Å². The second kappa shape index (κ2) is 9.33. The number of β-amino-alcohol motifs (C(OH)–C–C–N with tert-alkyl or cyclic N) is 1. The number of benzene rings is 1. The van der Waals surface area contributed by atoms with Gasteiger partial charge < -0.3 is 15.7 Å². The van der Waals surface area contributed by atoms with Gasteiger partial charge in [0, 0.05) is 43.5 Å². The zero-order valence-electron chi connectivity index (χ0n) is 13.9. The number of aliphatic hydroxyl groups is 1. The van der Waals surface area contributed by atoms with E-state index in [4.69, 9.17) is 5.73 Å². The summed E-state index contributed by atoms with van der Waals surface area (Å²) in [4.78, 5) is 16.8. The summed E-state index contributed by atoms with van der Waals surface area (Å²) in [5, 5.41) is 9.51. The van der Waals surface area contributed by atoms with Crippen molar-refractivity contribution in [2.24, 2.45) is 0 Å². The summed E-state index contributed by atoms with van der Waals surface area (Å²) in [5.74, 6) is 0.0448. The third-order valence-corrected chi connectivity index (χ3v) is 4.04.